The number of rotatable bonds is 6. The van der Waals surface area contributed by atoms with Crippen molar-refractivity contribution in [2.45, 2.75) is 25.0 Å². The molecule has 0 aliphatic heterocycles. The van der Waals surface area contributed by atoms with Gasteiger partial charge in [0.1, 0.15) is 5.01 Å². The number of benzene rings is 4. The maximum Gasteiger partial charge on any atom is 0.123 e. The van der Waals surface area contributed by atoms with E-state index in [1.54, 1.807) is 29.3 Å². The summed E-state index contributed by atoms with van der Waals surface area (Å²) in [5, 5.41) is 5.02. The van der Waals surface area contributed by atoms with Crippen LogP contribution in [0.1, 0.15) is 30.5 Å². The first kappa shape index (κ1) is 23.8. The van der Waals surface area contributed by atoms with E-state index in [4.69, 9.17) is 5.73 Å². The summed E-state index contributed by atoms with van der Waals surface area (Å²) in [6.45, 7) is 4.70. The Kier molecular flexibility index (Phi) is 6.23. The Morgan fingerprint density at radius 1 is 0.784 bits per heavy atom. The van der Waals surface area contributed by atoms with Gasteiger partial charge < -0.3 is 5.73 Å². The number of thioether (sulfide) groups is 1. The SMILES string of the molecule is CC1(C)c2cc(-c3cccc(CS/C=C\N)c3)ccc2-c2ccc(-c3cccc(-c4nccs4)c3)cc21. The fourth-order valence-corrected chi connectivity index (χ4v) is 6.55. The maximum atomic E-state index is 5.49. The molecule has 0 atom stereocenters. The summed E-state index contributed by atoms with van der Waals surface area (Å²) in [4.78, 5) is 4.50. The van der Waals surface area contributed by atoms with Crippen LogP contribution in [0.15, 0.2) is 108 Å². The Bertz CT molecular complexity index is 1610. The van der Waals surface area contributed by atoms with Crippen molar-refractivity contribution < 1.29 is 0 Å². The van der Waals surface area contributed by atoms with Gasteiger partial charge in [-0.25, -0.2) is 4.98 Å². The minimum absolute atomic E-state index is 0.0804. The van der Waals surface area contributed by atoms with Gasteiger partial charge in [-0.2, -0.15) is 0 Å². The van der Waals surface area contributed by atoms with E-state index in [1.165, 1.54) is 55.6 Å². The maximum absolute atomic E-state index is 5.49. The first-order valence-corrected chi connectivity index (χ1v) is 14.3. The third-order valence-corrected chi connectivity index (χ3v) is 8.91. The highest BCUT2D eigenvalue weighted by molar-refractivity contribution is 8.01. The molecule has 0 fully saturated rings. The topological polar surface area (TPSA) is 38.9 Å². The second-order valence-electron chi connectivity index (χ2n) is 9.90. The van der Waals surface area contributed by atoms with Crippen molar-refractivity contribution >= 4 is 23.1 Å². The van der Waals surface area contributed by atoms with Gasteiger partial charge in [0.15, 0.2) is 0 Å². The lowest BCUT2D eigenvalue weighted by Crippen LogP contribution is -2.15. The second kappa shape index (κ2) is 9.70. The second-order valence-corrected chi connectivity index (χ2v) is 11.7. The fraction of sp³-hybridized carbons (Fsp3) is 0.121. The lowest BCUT2D eigenvalue weighted by Gasteiger charge is -2.22. The molecule has 2 N–H and O–H groups in total. The van der Waals surface area contributed by atoms with Gasteiger partial charge in [0.25, 0.3) is 0 Å². The van der Waals surface area contributed by atoms with Gasteiger partial charge in [-0.15, -0.1) is 23.1 Å². The molecule has 0 unspecified atom stereocenters. The summed E-state index contributed by atoms with van der Waals surface area (Å²) in [5.41, 5.74) is 18.3. The molecule has 5 aromatic rings. The van der Waals surface area contributed by atoms with Gasteiger partial charge >= 0.3 is 0 Å². The van der Waals surface area contributed by atoms with Gasteiger partial charge in [-0.3, -0.25) is 0 Å². The van der Waals surface area contributed by atoms with Crippen LogP contribution < -0.4 is 5.73 Å². The molecule has 4 heteroatoms. The van der Waals surface area contributed by atoms with Gasteiger partial charge in [-0.05, 0) is 73.7 Å². The number of hydrogen-bond donors (Lipinski definition) is 1. The lowest BCUT2D eigenvalue weighted by molar-refractivity contribution is 0.661. The average Bonchev–Trinajstić information content (AvgIpc) is 3.55. The van der Waals surface area contributed by atoms with Crippen molar-refractivity contribution in [2.75, 3.05) is 0 Å². The fourth-order valence-electron chi connectivity index (χ4n) is 5.34. The van der Waals surface area contributed by atoms with Crippen LogP contribution in [0.2, 0.25) is 0 Å². The van der Waals surface area contributed by atoms with Crippen molar-refractivity contribution in [1.29, 1.82) is 0 Å². The summed E-state index contributed by atoms with van der Waals surface area (Å²) in [7, 11) is 0. The summed E-state index contributed by atoms with van der Waals surface area (Å²) in [5.74, 6) is 0.913. The lowest BCUT2D eigenvalue weighted by atomic mass is 9.80. The highest BCUT2D eigenvalue weighted by atomic mass is 32.2. The van der Waals surface area contributed by atoms with E-state index in [1.807, 2.05) is 17.0 Å². The van der Waals surface area contributed by atoms with Gasteiger partial charge in [0, 0.05) is 34.5 Å². The van der Waals surface area contributed by atoms with Crippen LogP contribution >= 0.6 is 23.1 Å². The molecule has 1 aromatic heterocycles. The van der Waals surface area contributed by atoms with Crippen LogP contribution in [0, 0.1) is 0 Å². The summed E-state index contributed by atoms with van der Waals surface area (Å²) >= 11 is 3.39. The zero-order valence-corrected chi connectivity index (χ0v) is 22.6. The molecule has 37 heavy (non-hydrogen) atoms. The highest BCUT2D eigenvalue weighted by Gasteiger charge is 2.35. The first-order chi connectivity index (χ1) is 18.0. The quantitative estimate of drug-likeness (QED) is 0.245. The Labute approximate surface area is 226 Å². The Morgan fingerprint density at radius 2 is 1.41 bits per heavy atom. The molecule has 0 amide bonds. The van der Waals surface area contributed by atoms with E-state index in [-0.39, 0.29) is 5.41 Å². The standard InChI is InChI=1S/C33H28N2S2/c1-33(2)30-19-25(23-6-3-5-22(17-23)21-36-15-13-34)9-11-28(30)29-12-10-26(20-31(29)33)24-7-4-8-27(18-24)32-35-14-16-37-32/h3-20H,21,34H2,1-2H3/b15-13-. The van der Waals surface area contributed by atoms with Crippen molar-refractivity contribution in [1.82, 2.24) is 4.98 Å². The molecule has 1 heterocycles. The van der Waals surface area contributed by atoms with E-state index in [0.29, 0.717) is 0 Å². The van der Waals surface area contributed by atoms with E-state index in [2.05, 4.69) is 104 Å². The molecule has 0 radical (unpaired) electrons. The van der Waals surface area contributed by atoms with Crippen molar-refractivity contribution in [2.24, 2.45) is 5.73 Å². The summed E-state index contributed by atoms with van der Waals surface area (Å²) < 4.78 is 0. The molecule has 2 nitrogen and oxygen atoms in total. The highest BCUT2D eigenvalue weighted by Crippen LogP contribution is 2.50. The number of nitrogens with zero attached hydrogens (tertiary/aromatic N) is 1. The zero-order valence-electron chi connectivity index (χ0n) is 20.9. The van der Waals surface area contributed by atoms with Crippen LogP contribution in [0.4, 0.5) is 0 Å². The molecular formula is C33H28N2S2. The number of hydrogen-bond acceptors (Lipinski definition) is 4. The normalized spacial score (nSPS) is 13.6. The molecule has 0 bridgehead atoms. The van der Waals surface area contributed by atoms with Crippen LogP contribution in [-0.2, 0) is 11.2 Å². The molecule has 0 spiro atoms. The van der Waals surface area contributed by atoms with Crippen molar-refractivity contribution in [3.05, 3.63) is 125 Å². The van der Waals surface area contributed by atoms with Crippen LogP contribution in [0.3, 0.4) is 0 Å². The number of aromatic nitrogens is 1. The molecular weight excluding hydrogens is 489 g/mol. The largest absolute Gasteiger partial charge is 0.404 e. The predicted octanol–water partition coefficient (Wildman–Crippen LogP) is 9.11. The number of nitrogens with two attached hydrogens (primary N) is 1. The smallest absolute Gasteiger partial charge is 0.123 e. The first-order valence-electron chi connectivity index (χ1n) is 12.4. The van der Waals surface area contributed by atoms with E-state index >= 15 is 0 Å². The van der Waals surface area contributed by atoms with Crippen LogP contribution in [0.5, 0.6) is 0 Å². The number of thiazole rings is 1. The van der Waals surface area contributed by atoms with E-state index in [9.17, 15) is 0 Å². The van der Waals surface area contributed by atoms with Gasteiger partial charge in [0.2, 0.25) is 0 Å². The molecule has 0 saturated carbocycles. The molecule has 182 valence electrons. The molecule has 1 aliphatic rings. The molecule has 4 aromatic carbocycles. The van der Waals surface area contributed by atoms with Crippen molar-refractivity contribution in [3.8, 4) is 44.0 Å². The third-order valence-electron chi connectivity index (χ3n) is 7.24. The average molecular weight is 517 g/mol. The monoisotopic (exact) mass is 516 g/mol. The Morgan fingerprint density at radius 3 is 2.05 bits per heavy atom. The minimum Gasteiger partial charge on any atom is -0.404 e. The van der Waals surface area contributed by atoms with Crippen LogP contribution in [0.25, 0.3) is 44.0 Å². The van der Waals surface area contributed by atoms with E-state index < -0.39 is 0 Å². The summed E-state index contributed by atoms with van der Waals surface area (Å²) in [6.07, 6.45) is 3.46. The Hall–Kier alpha value is -3.60. The predicted molar refractivity (Wildman–Crippen MR) is 161 cm³/mol. The minimum atomic E-state index is -0.0804. The number of fused-ring (bicyclic) bond motifs is 3. The van der Waals surface area contributed by atoms with E-state index in [0.717, 1.165) is 10.8 Å². The molecule has 0 saturated heterocycles. The summed E-state index contributed by atoms with van der Waals surface area (Å²) in [6, 6.07) is 31.5. The van der Waals surface area contributed by atoms with Gasteiger partial charge in [0.05, 0.1) is 0 Å². The van der Waals surface area contributed by atoms with Crippen LogP contribution in [-0.4, -0.2) is 4.98 Å². The Balaban J connectivity index is 1.35. The van der Waals surface area contributed by atoms with Crippen molar-refractivity contribution in [3.63, 3.8) is 0 Å². The van der Waals surface area contributed by atoms with Gasteiger partial charge in [-0.1, -0.05) is 80.6 Å². The third kappa shape index (κ3) is 4.41. The molecule has 1 aliphatic carbocycles. The molecule has 6 rings (SSSR count). The zero-order chi connectivity index (χ0) is 25.4.